The van der Waals surface area contributed by atoms with Crippen LogP contribution in [0.3, 0.4) is 0 Å². The Morgan fingerprint density at radius 3 is 2.56 bits per heavy atom. The number of halogens is 2. The van der Waals surface area contributed by atoms with E-state index < -0.39 is 5.82 Å². The highest BCUT2D eigenvalue weighted by Crippen LogP contribution is 2.26. The summed E-state index contributed by atoms with van der Waals surface area (Å²) in [6, 6.07) is 7.29. The Kier molecular flexibility index (Phi) is 5.39. The molecule has 2 aromatic rings. The molecule has 0 aliphatic carbocycles. The zero-order chi connectivity index (χ0) is 13.5. The molecule has 0 saturated heterocycles. The van der Waals surface area contributed by atoms with Crippen LogP contribution in [0.1, 0.15) is 13.8 Å². The van der Waals surface area contributed by atoms with Crippen LogP contribution in [0.2, 0.25) is 5.15 Å². The summed E-state index contributed by atoms with van der Waals surface area (Å²) in [6.07, 6.45) is 1.48. The van der Waals surface area contributed by atoms with Gasteiger partial charge in [0.15, 0.2) is 11.6 Å². The maximum Gasteiger partial charge on any atom is 0.167 e. The summed E-state index contributed by atoms with van der Waals surface area (Å²) >= 11 is 5.67. The second kappa shape index (κ2) is 6.81. The quantitative estimate of drug-likeness (QED) is 0.653. The number of nitrogens with zero attached hydrogens (tertiary/aromatic N) is 1. The molecule has 2 N–H and O–H groups in total. The van der Waals surface area contributed by atoms with Crippen LogP contribution in [0.5, 0.6) is 11.5 Å². The zero-order valence-electron chi connectivity index (χ0n) is 10.2. The van der Waals surface area contributed by atoms with Gasteiger partial charge in [-0.1, -0.05) is 25.4 Å². The van der Waals surface area contributed by atoms with Gasteiger partial charge in [-0.15, -0.1) is 0 Å². The minimum atomic E-state index is -0.520. The van der Waals surface area contributed by atoms with Gasteiger partial charge in [0.2, 0.25) is 0 Å². The number of hydrogen-bond acceptors (Lipinski definition) is 3. The van der Waals surface area contributed by atoms with Crippen molar-refractivity contribution in [2.75, 3.05) is 5.73 Å². The van der Waals surface area contributed by atoms with Crippen molar-refractivity contribution in [1.29, 1.82) is 0 Å². The van der Waals surface area contributed by atoms with Crippen molar-refractivity contribution in [1.82, 2.24) is 4.98 Å². The van der Waals surface area contributed by atoms with E-state index >= 15 is 0 Å². The summed E-state index contributed by atoms with van der Waals surface area (Å²) in [5.41, 5.74) is 5.76. The smallest absolute Gasteiger partial charge is 0.167 e. The average molecular weight is 269 g/mol. The molecule has 0 aliphatic rings. The number of nitrogen functional groups attached to an aromatic ring is 1. The van der Waals surface area contributed by atoms with E-state index in [1.165, 1.54) is 24.4 Å². The highest BCUT2D eigenvalue weighted by Gasteiger charge is 2.05. The van der Waals surface area contributed by atoms with Crippen molar-refractivity contribution in [3.8, 4) is 11.5 Å². The molecule has 0 aliphatic heterocycles. The average Bonchev–Trinajstić information content (AvgIpc) is 2.35. The molecule has 18 heavy (non-hydrogen) atoms. The SMILES string of the molecule is CC.Nc1ccc(Oc2ccnc(Cl)c2)c(F)c1. The van der Waals surface area contributed by atoms with Gasteiger partial charge in [0.25, 0.3) is 0 Å². The normalized spacial score (nSPS) is 9.33. The van der Waals surface area contributed by atoms with E-state index in [1.54, 1.807) is 12.1 Å². The van der Waals surface area contributed by atoms with E-state index in [0.29, 0.717) is 11.4 Å². The fraction of sp³-hybridized carbons (Fsp3) is 0.154. The van der Waals surface area contributed by atoms with Gasteiger partial charge in [-0.25, -0.2) is 9.37 Å². The number of aromatic nitrogens is 1. The molecule has 1 aromatic carbocycles. The molecule has 0 bridgehead atoms. The van der Waals surface area contributed by atoms with Gasteiger partial charge in [-0.2, -0.15) is 0 Å². The van der Waals surface area contributed by atoms with Crippen LogP contribution < -0.4 is 10.5 Å². The maximum atomic E-state index is 13.4. The lowest BCUT2D eigenvalue weighted by molar-refractivity contribution is 0.442. The third-order valence-corrected chi connectivity index (χ3v) is 2.09. The Balaban J connectivity index is 0.000000771. The predicted octanol–water partition coefficient (Wildman–Crippen LogP) is 4.27. The lowest BCUT2D eigenvalue weighted by Crippen LogP contribution is -1.91. The van der Waals surface area contributed by atoms with Gasteiger partial charge in [-0.3, -0.25) is 0 Å². The van der Waals surface area contributed by atoms with Gasteiger partial charge >= 0.3 is 0 Å². The molecular weight excluding hydrogens is 255 g/mol. The highest BCUT2D eigenvalue weighted by molar-refractivity contribution is 6.29. The lowest BCUT2D eigenvalue weighted by Gasteiger charge is -2.06. The first-order valence-corrected chi connectivity index (χ1v) is 5.87. The number of hydrogen-bond donors (Lipinski definition) is 1. The first-order chi connectivity index (χ1) is 8.65. The van der Waals surface area contributed by atoms with Crippen molar-refractivity contribution in [2.45, 2.75) is 13.8 Å². The summed E-state index contributed by atoms with van der Waals surface area (Å²) in [5, 5.41) is 0.286. The monoisotopic (exact) mass is 268 g/mol. The van der Waals surface area contributed by atoms with Crippen LogP contribution in [0, 0.1) is 5.82 Å². The molecular formula is C13H14ClFN2O. The molecule has 0 spiro atoms. The lowest BCUT2D eigenvalue weighted by atomic mass is 10.3. The first kappa shape index (κ1) is 14.3. The van der Waals surface area contributed by atoms with Crippen LogP contribution in [-0.2, 0) is 0 Å². The van der Waals surface area contributed by atoms with E-state index in [1.807, 2.05) is 13.8 Å². The van der Waals surface area contributed by atoms with E-state index in [9.17, 15) is 4.39 Å². The number of ether oxygens (including phenoxy) is 1. The summed E-state index contributed by atoms with van der Waals surface area (Å²) < 4.78 is 18.7. The highest BCUT2D eigenvalue weighted by atomic mass is 35.5. The van der Waals surface area contributed by atoms with E-state index in [2.05, 4.69) is 4.98 Å². The van der Waals surface area contributed by atoms with Gasteiger partial charge in [-0.05, 0) is 18.2 Å². The van der Waals surface area contributed by atoms with Crippen molar-refractivity contribution in [3.05, 3.63) is 47.5 Å². The predicted molar refractivity (Wildman–Crippen MR) is 71.5 cm³/mol. The summed E-state index contributed by atoms with van der Waals surface area (Å²) in [4.78, 5) is 3.79. The van der Waals surface area contributed by atoms with Crippen LogP contribution in [0.25, 0.3) is 0 Å². The Hall–Kier alpha value is -1.81. The fourth-order valence-electron chi connectivity index (χ4n) is 1.18. The van der Waals surface area contributed by atoms with Gasteiger partial charge in [0.1, 0.15) is 10.9 Å². The standard InChI is InChI=1S/C11H8ClFN2O.C2H6/c12-11-6-8(3-4-15-11)16-10-2-1-7(14)5-9(10)13;1-2/h1-6H,14H2;1-2H3. The molecule has 0 radical (unpaired) electrons. The van der Waals surface area contributed by atoms with Gasteiger partial charge in [0.05, 0.1) is 0 Å². The summed E-state index contributed by atoms with van der Waals surface area (Å²) in [5.74, 6) is -0.00641. The van der Waals surface area contributed by atoms with Crippen molar-refractivity contribution in [3.63, 3.8) is 0 Å². The van der Waals surface area contributed by atoms with Crippen LogP contribution in [-0.4, -0.2) is 4.98 Å². The van der Waals surface area contributed by atoms with Crippen LogP contribution >= 0.6 is 11.6 Å². The molecule has 0 amide bonds. The molecule has 1 heterocycles. The maximum absolute atomic E-state index is 13.4. The zero-order valence-corrected chi connectivity index (χ0v) is 10.9. The third kappa shape index (κ3) is 3.89. The van der Waals surface area contributed by atoms with Gasteiger partial charge in [0, 0.05) is 24.0 Å². The minimum Gasteiger partial charge on any atom is -0.454 e. The molecule has 0 unspecified atom stereocenters. The number of anilines is 1. The third-order valence-electron chi connectivity index (χ3n) is 1.88. The molecule has 1 aromatic heterocycles. The molecule has 5 heteroatoms. The topological polar surface area (TPSA) is 48.1 Å². The second-order valence-corrected chi connectivity index (χ2v) is 3.49. The van der Waals surface area contributed by atoms with E-state index in [4.69, 9.17) is 22.1 Å². The van der Waals surface area contributed by atoms with E-state index in [-0.39, 0.29) is 10.9 Å². The van der Waals surface area contributed by atoms with Crippen molar-refractivity contribution in [2.24, 2.45) is 0 Å². The second-order valence-electron chi connectivity index (χ2n) is 3.11. The molecule has 3 nitrogen and oxygen atoms in total. The van der Waals surface area contributed by atoms with Crippen molar-refractivity contribution >= 4 is 17.3 Å². The van der Waals surface area contributed by atoms with Gasteiger partial charge < -0.3 is 10.5 Å². The molecule has 0 fully saturated rings. The number of pyridine rings is 1. The summed E-state index contributed by atoms with van der Waals surface area (Å²) in [6.45, 7) is 4.00. The minimum absolute atomic E-state index is 0.0940. The molecule has 0 atom stereocenters. The van der Waals surface area contributed by atoms with Crippen LogP contribution in [0.4, 0.5) is 10.1 Å². The summed E-state index contributed by atoms with van der Waals surface area (Å²) in [7, 11) is 0. The van der Waals surface area contributed by atoms with Crippen molar-refractivity contribution < 1.29 is 9.13 Å². The first-order valence-electron chi connectivity index (χ1n) is 5.49. The molecule has 96 valence electrons. The Morgan fingerprint density at radius 1 is 1.22 bits per heavy atom. The van der Waals surface area contributed by atoms with Crippen LogP contribution in [0.15, 0.2) is 36.5 Å². The Labute approximate surface area is 110 Å². The number of nitrogens with two attached hydrogens (primary N) is 1. The molecule has 2 rings (SSSR count). The number of rotatable bonds is 2. The molecule has 0 saturated carbocycles. The number of benzene rings is 1. The van der Waals surface area contributed by atoms with E-state index in [0.717, 1.165) is 0 Å². The fourth-order valence-corrected chi connectivity index (χ4v) is 1.34. The largest absolute Gasteiger partial charge is 0.454 e. The Bertz CT molecular complexity index is 520. The Morgan fingerprint density at radius 2 is 1.94 bits per heavy atom.